The molecule has 3 heteroatoms. The predicted octanol–water partition coefficient (Wildman–Crippen LogP) is 2.76. The van der Waals surface area contributed by atoms with Crippen molar-refractivity contribution in [3.8, 4) is 0 Å². The molecule has 0 aliphatic heterocycles. The number of unbranched alkanes of at least 4 members (excludes halogenated alkanes) is 2. The molecule has 1 aromatic carbocycles. The van der Waals surface area contributed by atoms with Gasteiger partial charge in [0.2, 0.25) is 5.91 Å². The van der Waals surface area contributed by atoms with E-state index in [4.69, 9.17) is 5.73 Å². The van der Waals surface area contributed by atoms with E-state index < -0.39 is 0 Å². The fourth-order valence-electron chi connectivity index (χ4n) is 1.71. The fraction of sp³-hybridized carbons (Fsp3) is 0.500. The Kier molecular flexibility index (Phi) is 5.70. The van der Waals surface area contributed by atoms with Crippen LogP contribution >= 0.6 is 0 Å². The van der Waals surface area contributed by atoms with Gasteiger partial charge in [-0.15, -0.1) is 0 Å². The van der Waals surface area contributed by atoms with E-state index in [2.05, 4.69) is 5.32 Å². The highest BCUT2D eigenvalue weighted by atomic mass is 16.1. The molecule has 0 saturated heterocycles. The summed E-state index contributed by atoms with van der Waals surface area (Å²) in [5, 5.41) is 2.96. The molecule has 0 atom stereocenters. The lowest BCUT2D eigenvalue weighted by atomic mass is 10.1. The number of carbonyl (C=O) groups is 1. The van der Waals surface area contributed by atoms with Gasteiger partial charge in [-0.2, -0.15) is 0 Å². The number of aryl methyl sites for hydroxylation is 1. The van der Waals surface area contributed by atoms with E-state index >= 15 is 0 Å². The third-order valence-corrected chi connectivity index (χ3v) is 2.99. The molecule has 0 radical (unpaired) electrons. The Morgan fingerprint density at radius 3 is 2.71 bits per heavy atom. The fourth-order valence-corrected chi connectivity index (χ4v) is 1.71. The van der Waals surface area contributed by atoms with Gasteiger partial charge in [0.15, 0.2) is 0 Å². The Hall–Kier alpha value is -1.35. The van der Waals surface area contributed by atoms with E-state index in [1.165, 1.54) is 5.56 Å². The maximum absolute atomic E-state index is 11.7. The van der Waals surface area contributed by atoms with E-state index in [0.717, 1.165) is 30.5 Å². The van der Waals surface area contributed by atoms with Crippen molar-refractivity contribution in [3.63, 3.8) is 0 Å². The average Bonchev–Trinajstić information content (AvgIpc) is 2.31. The van der Waals surface area contributed by atoms with Crippen LogP contribution in [0.5, 0.6) is 0 Å². The number of benzene rings is 1. The summed E-state index contributed by atoms with van der Waals surface area (Å²) in [6.07, 6.45) is 3.51. The van der Waals surface area contributed by atoms with E-state index in [1.54, 1.807) is 0 Å². The van der Waals surface area contributed by atoms with E-state index in [1.807, 2.05) is 32.0 Å². The zero-order valence-corrected chi connectivity index (χ0v) is 10.8. The summed E-state index contributed by atoms with van der Waals surface area (Å²) in [7, 11) is 0. The van der Waals surface area contributed by atoms with Crippen LogP contribution in [0.1, 0.15) is 36.8 Å². The second-order valence-corrected chi connectivity index (χ2v) is 4.39. The number of carbonyl (C=O) groups excluding carboxylic acids is 1. The number of hydrogen-bond donors (Lipinski definition) is 2. The molecule has 1 aromatic rings. The van der Waals surface area contributed by atoms with Gasteiger partial charge in [0.05, 0.1) is 0 Å². The Balaban J connectivity index is 2.43. The van der Waals surface area contributed by atoms with Crippen molar-refractivity contribution in [1.29, 1.82) is 0 Å². The van der Waals surface area contributed by atoms with Crippen LogP contribution in [0, 0.1) is 13.8 Å². The first-order valence-corrected chi connectivity index (χ1v) is 6.21. The monoisotopic (exact) mass is 234 g/mol. The summed E-state index contributed by atoms with van der Waals surface area (Å²) in [6, 6.07) is 5.96. The zero-order valence-electron chi connectivity index (χ0n) is 10.8. The minimum atomic E-state index is 0.0933. The van der Waals surface area contributed by atoms with Gasteiger partial charge in [-0.3, -0.25) is 4.79 Å². The Labute approximate surface area is 103 Å². The van der Waals surface area contributed by atoms with Crippen molar-refractivity contribution < 1.29 is 4.79 Å². The largest absolute Gasteiger partial charge is 0.330 e. The summed E-state index contributed by atoms with van der Waals surface area (Å²) < 4.78 is 0. The van der Waals surface area contributed by atoms with Crippen LogP contribution in [-0.2, 0) is 4.79 Å². The van der Waals surface area contributed by atoms with Gasteiger partial charge in [0.25, 0.3) is 0 Å². The van der Waals surface area contributed by atoms with Crippen LogP contribution in [0.4, 0.5) is 5.69 Å². The van der Waals surface area contributed by atoms with Crippen molar-refractivity contribution in [2.45, 2.75) is 39.5 Å². The number of nitrogens with two attached hydrogens (primary N) is 1. The molecule has 0 unspecified atom stereocenters. The molecule has 0 fully saturated rings. The number of rotatable bonds is 6. The molecular formula is C14H22N2O. The molecule has 0 heterocycles. The molecule has 0 saturated carbocycles. The first-order valence-electron chi connectivity index (χ1n) is 6.21. The van der Waals surface area contributed by atoms with Gasteiger partial charge < -0.3 is 11.1 Å². The quantitative estimate of drug-likeness (QED) is 0.744. The molecule has 0 aliphatic rings. The summed E-state index contributed by atoms with van der Waals surface area (Å²) in [6.45, 7) is 4.78. The SMILES string of the molecule is Cc1cccc(NC(=O)CCCCCN)c1C. The van der Waals surface area contributed by atoms with E-state index in [-0.39, 0.29) is 5.91 Å². The van der Waals surface area contributed by atoms with Crippen LogP contribution in [0.15, 0.2) is 18.2 Å². The van der Waals surface area contributed by atoms with Crippen LogP contribution < -0.4 is 11.1 Å². The van der Waals surface area contributed by atoms with Crippen molar-refractivity contribution in [1.82, 2.24) is 0 Å². The van der Waals surface area contributed by atoms with Gasteiger partial charge in [0, 0.05) is 12.1 Å². The highest BCUT2D eigenvalue weighted by molar-refractivity contribution is 5.91. The maximum Gasteiger partial charge on any atom is 0.224 e. The normalized spacial score (nSPS) is 10.3. The standard InChI is InChI=1S/C14H22N2O/c1-11-7-6-8-13(12(11)2)16-14(17)9-4-3-5-10-15/h6-8H,3-5,9-10,15H2,1-2H3,(H,16,17). The summed E-state index contributed by atoms with van der Waals surface area (Å²) >= 11 is 0. The first-order chi connectivity index (χ1) is 8.15. The highest BCUT2D eigenvalue weighted by Crippen LogP contribution is 2.18. The van der Waals surface area contributed by atoms with Gasteiger partial charge in [0.1, 0.15) is 0 Å². The number of anilines is 1. The van der Waals surface area contributed by atoms with Gasteiger partial charge in [-0.25, -0.2) is 0 Å². The number of nitrogens with one attached hydrogen (secondary N) is 1. The molecule has 1 rings (SSSR count). The lowest BCUT2D eigenvalue weighted by Gasteiger charge is -2.10. The summed E-state index contributed by atoms with van der Waals surface area (Å²) in [5.74, 6) is 0.0933. The summed E-state index contributed by atoms with van der Waals surface area (Å²) in [4.78, 5) is 11.7. The molecule has 0 aromatic heterocycles. The molecule has 3 nitrogen and oxygen atoms in total. The van der Waals surface area contributed by atoms with Crippen molar-refractivity contribution in [2.24, 2.45) is 5.73 Å². The van der Waals surface area contributed by atoms with E-state index in [9.17, 15) is 4.79 Å². The topological polar surface area (TPSA) is 55.1 Å². The predicted molar refractivity (Wildman–Crippen MR) is 72.1 cm³/mol. The van der Waals surface area contributed by atoms with Gasteiger partial charge in [-0.05, 0) is 50.4 Å². The highest BCUT2D eigenvalue weighted by Gasteiger charge is 2.05. The average molecular weight is 234 g/mol. The molecular weight excluding hydrogens is 212 g/mol. The van der Waals surface area contributed by atoms with E-state index in [0.29, 0.717) is 13.0 Å². The number of amides is 1. The van der Waals surface area contributed by atoms with Crippen LogP contribution in [-0.4, -0.2) is 12.5 Å². The Bertz CT molecular complexity index is 374. The molecule has 0 spiro atoms. The zero-order chi connectivity index (χ0) is 12.7. The van der Waals surface area contributed by atoms with Crippen LogP contribution in [0.2, 0.25) is 0 Å². The molecule has 0 aliphatic carbocycles. The maximum atomic E-state index is 11.7. The Morgan fingerprint density at radius 2 is 2.00 bits per heavy atom. The van der Waals surface area contributed by atoms with Gasteiger partial charge >= 0.3 is 0 Å². The summed E-state index contributed by atoms with van der Waals surface area (Å²) in [5.41, 5.74) is 8.67. The molecule has 94 valence electrons. The third-order valence-electron chi connectivity index (χ3n) is 2.99. The minimum Gasteiger partial charge on any atom is -0.330 e. The molecule has 3 N–H and O–H groups in total. The second kappa shape index (κ2) is 7.07. The number of hydrogen-bond acceptors (Lipinski definition) is 2. The lowest BCUT2D eigenvalue weighted by molar-refractivity contribution is -0.116. The third kappa shape index (κ3) is 4.57. The van der Waals surface area contributed by atoms with Gasteiger partial charge in [-0.1, -0.05) is 18.6 Å². The van der Waals surface area contributed by atoms with Crippen molar-refractivity contribution in [3.05, 3.63) is 29.3 Å². The smallest absolute Gasteiger partial charge is 0.224 e. The first kappa shape index (κ1) is 13.7. The minimum absolute atomic E-state index is 0.0933. The van der Waals surface area contributed by atoms with Crippen LogP contribution in [0.3, 0.4) is 0 Å². The molecule has 17 heavy (non-hydrogen) atoms. The van der Waals surface area contributed by atoms with Crippen molar-refractivity contribution in [2.75, 3.05) is 11.9 Å². The lowest BCUT2D eigenvalue weighted by Crippen LogP contribution is -2.12. The van der Waals surface area contributed by atoms with Crippen molar-refractivity contribution >= 4 is 11.6 Å². The Morgan fingerprint density at radius 1 is 1.24 bits per heavy atom. The molecule has 0 bridgehead atoms. The molecule has 1 amide bonds. The van der Waals surface area contributed by atoms with Crippen LogP contribution in [0.25, 0.3) is 0 Å². The second-order valence-electron chi connectivity index (χ2n) is 4.39.